The molecule has 0 aliphatic rings. The van der Waals surface area contributed by atoms with Crippen LogP contribution >= 0.6 is 45.3 Å². The number of esters is 1. The van der Waals surface area contributed by atoms with Crippen molar-refractivity contribution < 1.29 is 48.5 Å². The summed E-state index contributed by atoms with van der Waals surface area (Å²) in [5.41, 5.74) is 13.4. The Bertz CT molecular complexity index is 2250. The Hall–Kier alpha value is -5.67. The fourth-order valence-electron chi connectivity index (χ4n) is 4.42. The third-order valence-corrected chi connectivity index (χ3v) is 9.51. The van der Waals surface area contributed by atoms with Crippen LogP contribution in [0.2, 0.25) is 0 Å². The number of carbonyl (C=O) groups is 4. The van der Waals surface area contributed by atoms with Gasteiger partial charge in [-0.15, -0.1) is 22.7 Å². The van der Waals surface area contributed by atoms with Gasteiger partial charge in [0.2, 0.25) is 11.8 Å². The minimum atomic E-state index is -1.57. The van der Waals surface area contributed by atoms with Crippen molar-refractivity contribution in [2.75, 3.05) is 6.61 Å². The minimum absolute atomic E-state index is 0.0216. The number of hydrogen-bond donors (Lipinski definition) is 5. The number of nitrogens with zero attached hydrogens (tertiary/aromatic N) is 2. The van der Waals surface area contributed by atoms with E-state index in [9.17, 15) is 19.2 Å². The standard InChI is InChI=1S/C18H14N2O4S.C13H12INO3S.C7H8BNO3/c19-17(21)13-3-1-2-12(8-13)11-4-6-14(7-5-11)24-9-16-20-15(10-25-16)18(22)23;1-2-17-13(16)11-8-19-12(15-11)7-18-10-5-3-9(14)4-6-10;9-7(10)5-2-1-3-6(4-5)8(11)12/h1-8,10H,9H2,(H2,19,21)(H,22,23);3-6,8H,2,7H2,1H3;1-4,11-12H,(H2,9,10). The molecule has 0 spiro atoms. The van der Waals surface area contributed by atoms with Gasteiger partial charge in [0.15, 0.2) is 11.4 Å². The number of ether oxygens (including phenoxy) is 3. The number of carboxylic acids is 1. The topological polar surface area (TPSA) is 234 Å². The number of rotatable bonds is 13. The molecule has 2 aromatic heterocycles. The predicted octanol–water partition coefficient (Wildman–Crippen LogP) is 5.15. The zero-order chi connectivity index (χ0) is 40.6. The van der Waals surface area contributed by atoms with Crippen molar-refractivity contribution in [3.8, 4) is 22.6 Å². The molecule has 0 saturated carbocycles. The van der Waals surface area contributed by atoms with Crippen LogP contribution in [0.5, 0.6) is 11.5 Å². The van der Waals surface area contributed by atoms with Crippen molar-refractivity contribution in [1.82, 2.24) is 9.97 Å². The van der Waals surface area contributed by atoms with E-state index < -0.39 is 24.9 Å². The molecule has 0 atom stereocenters. The summed E-state index contributed by atoms with van der Waals surface area (Å²) < 4.78 is 17.2. The lowest BCUT2D eigenvalue weighted by atomic mass is 9.79. The number of amides is 2. The third kappa shape index (κ3) is 13.6. The van der Waals surface area contributed by atoms with Gasteiger partial charge in [0, 0.05) is 25.5 Å². The molecular weight excluding hydrogens is 874 g/mol. The first kappa shape index (κ1) is 43.1. The van der Waals surface area contributed by atoms with Crippen LogP contribution in [-0.4, -0.2) is 62.6 Å². The van der Waals surface area contributed by atoms with Crippen molar-refractivity contribution in [3.63, 3.8) is 0 Å². The largest absolute Gasteiger partial charge is 0.488 e. The minimum Gasteiger partial charge on any atom is -0.486 e. The second-order valence-corrected chi connectivity index (χ2v) is 14.3. The quantitative estimate of drug-likeness (QED) is 0.0575. The number of carboxylic acid groups (broad SMARTS) is 1. The van der Waals surface area contributed by atoms with Gasteiger partial charge >= 0.3 is 19.1 Å². The van der Waals surface area contributed by atoms with Crippen LogP contribution in [0.4, 0.5) is 0 Å². The first-order valence-corrected chi connectivity index (χ1v) is 19.2. The van der Waals surface area contributed by atoms with E-state index >= 15 is 0 Å². The number of hydrogen-bond acceptors (Lipinski definition) is 13. The summed E-state index contributed by atoms with van der Waals surface area (Å²) in [5.74, 6) is -1.07. The van der Waals surface area contributed by atoms with Crippen LogP contribution in [0.3, 0.4) is 0 Å². The van der Waals surface area contributed by atoms with E-state index in [4.69, 9.17) is 40.8 Å². The van der Waals surface area contributed by atoms with E-state index in [1.165, 1.54) is 52.3 Å². The number of primary amides is 2. The Kier molecular flexibility index (Phi) is 16.5. The fraction of sp³-hybridized carbons (Fsp3) is 0.105. The van der Waals surface area contributed by atoms with Gasteiger partial charge in [-0.25, -0.2) is 19.6 Å². The molecule has 56 heavy (non-hydrogen) atoms. The molecule has 14 nitrogen and oxygen atoms in total. The van der Waals surface area contributed by atoms with E-state index in [0.29, 0.717) is 35.2 Å². The molecule has 7 N–H and O–H groups in total. The van der Waals surface area contributed by atoms with Crippen LogP contribution < -0.4 is 26.4 Å². The molecule has 0 radical (unpaired) electrons. The molecule has 288 valence electrons. The molecule has 0 saturated heterocycles. The maximum absolute atomic E-state index is 11.5. The Morgan fingerprint density at radius 1 is 0.714 bits per heavy atom. The van der Waals surface area contributed by atoms with Gasteiger partial charge in [-0.05, 0) is 107 Å². The molecule has 2 heterocycles. The number of carbonyl (C=O) groups excluding carboxylic acids is 3. The SMILES string of the molecule is CCOC(=O)c1csc(COc2ccc(I)cc2)n1.NC(=O)c1cccc(-c2ccc(OCc3nc(C(=O)O)cs3)cc2)c1.NC(=O)c1cccc(B(O)O)c1. The van der Waals surface area contributed by atoms with Crippen molar-refractivity contribution >= 4 is 81.6 Å². The molecule has 0 bridgehead atoms. The first-order valence-electron chi connectivity index (χ1n) is 16.4. The van der Waals surface area contributed by atoms with E-state index in [1.807, 2.05) is 42.5 Å². The van der Waals surface area contributed by atoms with Crippen molar-refractivity contribution in [3.05, 3.63) is 144 Å². The number of benzene rings is 4. The number of aromatic carboxylic acids is 1. The lowest BCUT2D eigenvalue weighted by molar-refractivity contribution is 0.0519. The highest BCUT2D eigenvalue weighted by Crippen LogP contribution is 2.24. The predicted molar refractivity (Wildman–Crippen MR) is 220 cm³/mol. The summed E-state index contributed by atoms with van der Waals surface area (Å²) in [4.78, 5) is 52.3. The Morgan fingerprint density at radius 3 is 1.75 bits per heavy atom. The highest BCUT2D eigenvalue weighted by Gasteiger charge is 2.13. The van der Waals surface area contributed by atoms with Gasteiger partial charge in [-0.2, -0.15) is 0 Å². The monoisotopic (exact) mass is 908 g/mol. The Morgan fingerprint density at radius 2 is 1.23 bits per heavy atom. The highest BCUT2D eigenvalue weighted by molar-refractivity contribution is 14.1. The van der Waals surface area contributed by atoms with Crippen LogP contribution in [0.15, 0.2) is 108 Å². The maximum atomic E-state index is 11.5. The number of nitrogens with two attached hydrogens (primary N) is 2. The summed E-state index contributed by atoms with van der Waals surface area (Å²) >= 11 is 4.87. The normalized spacial score (nSPS) is 10.1. The average molecular weight is 909 g/mol. The molecular formula is C38H34BIN4O10S2. The van der Waals surface area contributed by atoms with Gasteiger partial charge < -0.3 is 40.8 Å². The molecule has 6 aromatic rings. The lowest BCUT2D eigenvalue weighted by Crippen LogP contribution is -2.30. The zero-order valence-corrected chi connectivity index (χ0v) is 33.3. The molecule has 6 rings (SSSR count). The van der Waals surface area contributed by atoms with E-state index in [2.05, 4.69) is 32.6 Å². The Labute approximate surface area is 343 Å². The second kappa shape index (κ2) is 21.4. The van der Waals surface area contributed by atoms with Gasteiger partial charge in [0.1, 0.15) is 34.7 Å². The highest BCUT2D eigenvalue weighted by atomic mass is 127. The van der Waals surface area contributed by atoms with Crippen molar-refractivity contribution in [2.45, 2.75) is 20.1 Å². The molecule has 0 fully saturated rings. The van der Waals surface area contributed by atoms with Crippen LogP contribution in [-0.2, 0) is 18.0 Å². The smallest absolute Gasteiger partial charge is 0.486 e. The maximum Gasteiger partial charge on any atom is 0.488 e. The fourth-order valence-corrected chi connectivity index (χ4v) is 6.13. The van der Waals surface area contributed by atoms with Crippen molar-refractivity contribution in [1.29, 1.82) is 0 Å². The van der Waals surface area contributed by atoms with Gasteiger partial charge in [0.25, 0.3) is 0 Å². The molecule has 0 unspecified atom stereocenters. The van der Waals surface area contributed by atoms with E-state index in [1.54, 1.807) is 42.6 Å². The van der Waals surface area contributed by atoms with Crippen LogP contribution in [0.25, 0.3) is 11.1 Å². The molecule has 0 aliphatic carbocycles. The Balaban J connectivity index is 0.000000199. The summed E-state index contributed by atoms with van der Waals surface area (Å²) in [6.45, 7) is 2.68. The summed E-state index contributed by atoms with van der Waals surface area (Å²) in [7, 11) is -1.57. The number of aromatic nitrogens is 2. The molecule has 4 aromatic carbocycles. The van der Waals surface area contributed by atoms with E-state index in [0.717, 1.165) is 25.5 Å². The summed E-state index contributed by atoms with van der Waals surface area (Å²) in [6.07, 6.45) is 0. The average Bonchev–Trinajstić information content (AvgIpc) is 3.89. The molecule has 18 heteroatoms. The van der Waals surface area contributed by atoms with Gasteiger partial charge in [-0.1, -0.05) is 36.4 Å². The molecule has 2 amide bonds. The van der Waals surface area contributed by atoms with Gasteiger partial charge in [-0.3, -0.25) is 9.59 Å². The van der Waals surface area contributed by atoms with Crippen LogP contribution in [0.1, 0.15) is 58.6 Å². The first-order chi connectivity index (χ1) is 26.8. The number of thiazole rings is 2. The van der Waals surface area contributed by atoms with E-state index in [-0.39, 0.29) is 29.3 Å². The van der Waals surface area contributed by atoms with Crippen LogP contribution in [0, 0.1) is 3.57 Å². The second-order valence-electron chi connectivity index (χ2n) is 11.1. The molecule has 0 aliphatic heterocycles. The summed E-state index contributed by atoms with van der Waals surface area (Å²) in [5, 5.41) is 30.8. The zero-order valence-electron chi connectivity index (χ0n) is 29.5. The van der Waals surface area contributed by atoms with Gasteiger partial charge in [0.05, 0.1) is 6.61 Å². The third-order valence-electron chi connectivity index (χ3n) is 7.15. The summed E-state index contributed by atoms with van der Waals surface area (Å²) in [6, 6.07) is 28.1. The lowest BCUT2D eigenvalue weighted by Gasteiger charge is -2.07. The van der Waals surface area contributed by atoms with Crippen molar-refractivity contribution in [2.24, 2.45) is 11.5 Å². The number of halogens is 1.